The molecule has 0 aromatic heterocycles. The van der Waals surface area contributed by atoms with Crippen LogP contribution in [0.15, 0.2) is 48.5 Å². The van der Waals surface area contributed by atoms with Crippen molar-refractivity contribution in [1.29, 1.82) is 0 Å². The summed E-state index contributed by atoms with van der Waals surface area (Å²) >= 11 is 0. The van der Waals surface area contributed by atoms with Crippen LogP contribution in [0.3, 0.4) is 0 Å². The average molecular weight is 338 g/mol. The third kappa shape index (κ3) is 4.08. The molecule has 1 amide bonds. The van der Waals surface area contributed by atoms with Gasteiger partial charge >= 0.3 is 0 Å². The minimum atomic E-state index is -0.272. The summed E-state index contributed by atoms with van der Waals surface area (Å²) in [7, 11) is 0. The van der Waals surface area contributed by atoms with Crippen LogP contribution in [0.25, 0.3) is 6.08 Å². The third-order valence-electron chi connectivity index (χ3n) is 4.80. The summed E-state index contributed by atoms with van der Waals surface area (Å²) in [5, 5.41) is 0. The molecule has 130 valence electrons. The van der Waals surface area contributed by atoms with E-state index >= 15 is 0 Å². The Morgan fingerprint density at radius 2 is 1.68 bits per heavy atom. The molecule has 1 fully saturated rings. The molecule has 3 rings (SSSR count). The van der Waals surface area contributed by atoms with E-state index in [9.17, 15) is 9.18 Å². The molecule has 1 heterocycles. The molecule has 1 aliphatic heterocycles. The Morgan fingerprint density at radius 1 is 1.00 bits per heavy atom. The number of halogens is 1. The van der Waals surface area contributed by atoms with E-state index in [0.717, 1.165) is 18.7 Å². The molecule has 0 unspecified atom stereocenters. The number of aryl methyl sites for hydroxylation is 1. The van der Waals surface area contributed by atoms with E-state index in [4.69, 9.17) is 0 Å². The maximum Gasteiger partial charge on any atom is 0.246 e. The second-order valence-corrected chi connectivity index (χ2v) is 6.42. The number of anilines is 1. The largest absolute Gasteiger partial charge is 0.368 e. The molecule has 4 heteroatoms. The number of rotatable bonds is 3. The van der Waals surface area contributed by atoms with E-state index in [2.05, 4.69) is 36.9 Å². The Kier molecular flexibility index (Phi) is 5.17. The molecule has 0 spiro atoms. The first-order valence-corrected chi connectivity index (χ1v) is 8.58. The Balaban J connectivity index is 1.59. The number of carbonyl (C=O) groups excluding carboxylic acids is 1. The zero-order valence-electron chi connectivity index (χ0n) is 14.7. The summed E-state index contributed by atoms with van der Waals surface area (Å²) in [6, 6.07) is 12.5. The van der Waals surface area contributed by atoms with Gasteiger partial charge in [0.1, 0.15) is 5.82 Å². The predicted octanol–water partition coefficient (Wildman–Crippen LogP) is 3.80. The van der Waals surface area contributed by atoms with Crippen molar-refractivity contribution in [1.82, 2.24) is 4.90 Å². The molecule has 1 aliphatic rings. The van der Waals surface area contributed by atoms with Crippen LogP contribution >= 0.6 is 0 Å². The van der Waals surface area contributed by atoms with E-state index < -0.39 is 0 Å². The molecule has 0 bridgehead atoms. The molecule has 1 saturated heterocycles. The van der Waals surface area contributed by atoms with E-state index in [-0.39, 0.29) is 11.7 Å². The van der Waals surface area contributed by atoms with Crippen LogP contribution in [0.4, 0.5) is 10.1 Å². The molecule has 0 saturated carbocycles. The topological polar surface area (TPSA) is 23.6 Å². The number of hydrogen-bond acceptors (Lipinski definition) is 2. The first-order chi connectivity index (χ1) is 12.0. The number of benzene rings is 2. The second kappa shape index (κ2) is 7.51. The first kappa shape index (κ1) is 17.2. The van der Waals surface area contributed by atoms with Crippen LogP contribution in [0.5, 0.6) is 0 Å². The molecule has 2 aromatic rings. The summed E-state index contributed by atoms with van der Waals surface area (Å²) < 4.78 is 12.9. The Morgan fingerprint density at radius 3 is 2.36 bits per heavy atom. The van der Waals surface area contributed by atoms with E-state index in [1.165, 1.54) is 28.9 Å². The van der Waals surface area contributed by atoms with Crippen molar-refractivity contribution in [3.63, 3.8) is 0 Å². The fourth-order valence-electron chi connectivity index (χ4n) is 3.09. The Hall–Kier alpha value is -2.62. The lowest BCUT2D eigenvalue weighted by molar-refractivity contribution is -0.126. The average Bonchev–Trinajstić information content (AvgIpc) is 2.63. The van der Waals surface area contributed by atoms with Gasteiger partial charge in [0.25, 0.3) is 0 Å². The molecule has 0 atom stereocenters. The number of hydrogen-bond donors (Lipinski definition) is 0. The summed E-state index contributed by atoms with van der Waals surface area (Å²) in [5.41, 5.74) is 4.68. The van der Waals surface area contributed by atoms with Crippen molar-refractivity contribution in [2.45, 2.75) is 13.8 Å². The minimum Gasteiger partial charge on any atom is -0.368 e. The molecule has 0 aliphatic carbocycles. The van der Waals surface area contributed by atoms with Gasteiger partial charge in [-0.15, -0.1) is 0 Å². The van der Waals surface area contributed by atoms with Crippen LogP contribution in [-0.2, 0) is 4.79 Å². The second-order valence-electron chi connectivity index (χ2n) is 6.42. The third-order valence-corrected chi connectivity index (χ3v) is 4.80. The number of amides is 1. The standard InChI is InChI=1S/C21H23FN2O/c1-16-4-3-5-20(17(16)2)23-12-14-24(15-13-23)21(25)11-8-18-6-9-19(22)10-7-18/h3-11H,12-15H2,1-2H3/b11-8-. The van der Waals surface area contributed by atoms with Gasteiger partial charge in [-0.05, 0) is 54.8 Å². The van der Waals surface area contributed by atoms with E-state index in [1.54, 1.807) is 24.3 Å². The van der Waals surface area contributed by atoms with Crippen LogP contribution in [0, 0.1) is 19.7 Å². The number of piperazine rings is 1. The highest BCUT2D eigenvalue weighted by atomic mass is 19.1. The maximum atomic E-state index is 12.9. The van der Waals surface area contributed by atoms with Crippen LogP contribution in [-0.4, -0.2) is 37.0 Å². The van der Waals surface area contributed by atoms with Crippen molar-refractivity contribution in [2.24, 2.45) is 0 Å². The fraction of sp³-hybridized carbons (Fsp3) is 0.286. The van der Waals surface area contributed by atoms with Crippen LogP contribution in [0.1, 0.15) is 16.7 Å². The molecule has 0 N–H and O–H groups in total. The lowest BCUT2D eigenvalue weighted by atomic mass is 10.1. The van der Waals surface area contributed by atoms with Gasteiger partial charge in [0, 0.05) is 37.9 Å². The zero-order valence-corrected chi connectivity index (χ0v) is 14.7. The van der Waals surface area contributed by atoms with Crippen molar-refractivity contribution in [2.75, 3.05) is 31.1 Å². The maximum absolute atomic E-state index is 12.9. The Labute approximate surface area is 148 Å². The number of nitrogens with zero attached hydrogens (tertiary/aromatic N) is 2. The predicted molar refractivity (Wildman–Crippen MR) is 100 cm³/mol. The van der Waals surface area contributed by atoms with Crippen molar-refractivity contribution >= 4 is 17.7 Å². The molecule has 25 heavy (non-hydrogen) atoms. The quantitative estimate of drug-likeness (QED) is 0.795. The highest BCUT2D eigenvalue weighted by Gasteiger charge is 2.20. The first-order valence-electron chi connectivity index (χ1n) is 8.58. The number of carbonyl (C=O) groups is 1. The van der Waals surface area contributed by atoms with Gasteiger partial charge in [-0.1, -0.05) is 24.3 Å². The normalized spacial score (nSPS) is 15.0. The minimum absolute atomic E-state index is 0.00457. The highest BCUT2D eigenvalue weighted by molar-refractivity contribution is 5.92. The molecule has 2 aromatic carbocycles. The van der Waals surface area contributed by atoms with Crippen LogP contribution < -0.4 is 4.90 Å². The monoisotopic (exact) mass is 338 g/mol. The van der Waals surface area contributed by atoms with Crippen molar-refractivity contribution in [3.8, 4) is 0 Å². The lowest BCUT2D eigenvalue weighted by Gasteiger charge is -2.36. The van der Waals surface area contributed by atoms with Gasteiger partial charge in [0.2, 0.25) is 5.91 Å². The van der Waals surface area contributed by atoms with Crippen LogP contribution in [0.2, 0.25) is 0 Å². The van der Waals surface area contributed by atoms with Crippen molar-refractivity contribution in [3.05, 3.63) is 71.0 Å². The fourth-order valence-corrected chi connectivity index (χ4v) is 3.09. The van der Waals surface area contributed by atoms with E-state index in [1.807, 2.05) is 4.90 Å². The van der Waals surface area contributed by atoms with E-state index in [0.29, 0.717) is 13.1 Å². The van der Waals surface area contributed by atoms with Gasteiger partial charge in [-0.25, -0.2) is 4.39 Å². The Bertz CT molecular complexity index is 775. The summed E-state index contributed by atoms with van der Waals surface area (Å²) in [6.07, 6.45) is 3.31. The molecule has 3 nitrogen and oxygen atoms in total. The smallest absolute Gasteiger partial charge is 0.246 e. The summed E-state index contributed by atoms with van der Waals surface area (Å²) in [5.74, 6) is -0.268. The van der Waals surface area contributed by atoms with Crippen molar-refractivity contribution < 1.29 is 9.18 Å². The zero-order chi connectivity index (χ0) is 17.8. The lowest BCUT2D eigenvalue weighted by Crippen LogP contribution is -2.48. The highest BCUT2D eigenvalue weighted by Crippen LogP contribution is 2.23. The molecule has 0 radical (unpaired) electrons. The molecular weight excluding hydrogens is 315 g/mol. The van der Waals surface area contributed by atoms with Gasteiger partial charge in [-0.2, -0.15) is 0 Å². The molecular formula is C21H23FN2O. The SMILES string of the molecule is Cc1cccc(N2CCN(C(=O)/C=C\c3ccc(F)cc3)CC2)c1C. The van der Waals surface area contributed by atoms with Gasteiger partial charge in [0.15, 0.2) is 0 Å². The summed E-state index contributed by atoms with van der Waals surface area (Å²) in [4.78, 5) is 16.6. The van der Waals surface area contributed by atoms with Gasteiger partial charge in [-0.3, -0.25) is 4.79 Å². The van der Waals surface area contributed by atoms with Gasteiger partial charge in [0.05, 0.1) is 0 Å². The summed E-state index contributed by atoms with van der Waals surface area (Å²) in [6.45, 7) is 7.35. The van der Waals surface area contributed by atoms with Gasteiger partial charge < -0.3 is 9.80 Å².